The van der Waals surface area contributed by atoms with Gasteiger partial charge in [0.1, 0.15) is 17.1 Å². The molecule has 0 radical (unpaired) electrons. The van der Waals surface area contributed by atoms with E-state index in [9.17, 15) is 14.7 Å². The summed E-state index contributed by atoms with van der Waals surface area (Å²) >= 11 is 0. The Bertz CT molecular complexity index is 694. The lowest BCUT2D eigenvalue weighted by Crippen LogP contribution is -2.51. The summed E-state index contributed by atoms with van der Waals surface area (Å²) in [6.07, 6.45) is 1.64. The number of aliphatic hydroxyl groups is 1. The van der Waals surface area contributed by atoms with E-state index in [1.54, 1.807) is 23.1 Å². The van der Waals surface area contributed by atoms with Gasteiger partial charge in [0, 0.05) is 18.7 Å². The van der Waals surface area contributed by atoms with Crippen LogP contribution in [0, 0.1) is 0 Å². The van der Waals surface area contributed by atoms with Crippen molar-refractivity contribution in [2.24, 2.45) is 0 Å². The Kier molecular flexibility index (Phi) is 6.25. The number of rotatable bonds is 8. The van der Waals surface area contributed by atoms with Gasteiger partial charge in [-0.05, 0) is 31.0 Å². The number of aromatic amines is 1. The predicted octanol–water partition coefficient (Wildman–Crippen LogP) is 0.697. The molecule has 0 unspecified atom stereocenters. The van der Waals surface area contributed by atoms with E-state index < -0.39 is 18.6 Å². The van der Waals surface area contributed by atoms with Crippen molar-refractivity contribution in [3.8, 4) is 0 Å². The van der Waals surface area contributed by atoms with Crippen molar-refractivity contribution in [2.75, 3.05) is 19.7 Å². The molecule has 1 aromatic carbocycles. The molecule has 0 aliphatic rings. The first-order valence-electron chi connectivity index (χ1n) is 8.11. The first kappa shape index (κ1) is 17.9. The lowest BCUT2D eigenvalue weighted by molar-refractivity contribution is -0.134. The van der Waals surface area contributed by atoms with Crippen LogP contribution in [-0.2, 0) is 4.79 Å². The van der Waals surface area contributed by atoms with Crippen LogP contribution in [0.1, 0.15) is 37.0 Å². The molecule has 3 N–H and O–H groups in total. The molecule has 1 atom stereocenters. The minimum Gasteiger partial charge on any atom is -0.394 e. The molecular formula is C16H23N5O3. The Balaban J connectivity index is 2.09. The molecule has 0 aliphatic heterocycles. The number of amides is 2. The number of benzene rings is 1. The number of H-pyrrole nitrogens is 1. The molecule has 0 spiro atoms. The zero-order valence-electron chi connectivity index (χ0n) is 14.0. The van der Waals surface area contributed by atoms with E-state index in [4.69, 9.17) is 0 Å². The second kappa shape index (κ2) is 8.39. The first-order chi connectivity index (χ1) is 11.6. The van der Waals surface area contributed by atoms with E-state index in [1.165, 1.54) is 0 Å². The fraction of sp³-hybridized carbons (Fsp3) is 0.500. The van der Waals surface area contributed by atoms with E-state index in [-0.39, 0.29) is 5.91 Å². The van der Waals surface area contributed by atoms with E-state index in [1.807, 2.05) is 13.8 Å². The van der Waals surface area contributed by atoms with E-state index >= 15 is 0 Å². The third-order valence-electron chi connectivity index (χ3n) is 3.66. The van der Waals surface area contributed by atoms with Crippen LogP contribution in [0.3, 0.4) is 0 Å². The summed E-state index contributed by atoms with van der Waals surface area (Å²) < 4.78 is 0. The number of aliphatic hydroxyl groups excluding tert-OH is 1. The van der Waals surface area contributed by atoms with Gasteiger partial charge in [0.15, 0.2) is 0 Å². The molecular weight excluding hydrogens is 310 g/mol. The van der Waals surface area contributed by atoms with E-state index in [0.717, 1.165) is 12.8 Å². The average molecular weight is 333 g/mol. The quantitative estimate of drug-likeness (QED) is 0.658. The van der Waals surface area contributed by atoms with Gasteiger partial charge in [0.2, 0.25) is 5.91 Å². The van der Waals surface area contributed by atoms with Gasteiger partial charge < -0.3 is 15.3 Å². The minimum absolute atomic E-state index is 0.267. The number of nitrogens with one attached hydrogen (secondary N) is 2. The van der Waals surface area contributed by atoms with Crippen LogP contribution in [0.5, 0.6) is 0 Å². The lowest BCUT2D eigenvalue weighted by Gasteiger charge is -2.26. The minimum atomic E-state index is -0.955. The van der Waals surface area contributed by atoms with Crippen LogP contribution in [0.4, 0.5) is 0 Å². The summed E-state index contributed by atoms with van der Waals surface area (Å²) in [6, 6.07) is 3.91. The number of nitrogens with zero attached hydrogens (tertiary/aromatic N) is 3. The maximum Gasteiger partial charge on any atom is 0.252 e. The van der Waals surface area contributed by atoms with Gasteiger partial charge in [-0.3, -0.25) is 9.59 Å². The number of aromatic nitrogens is 3. The molecule has 24 heavy (non-hydrogen) atoms. The first-order valence-corrected chi connectivity index (χ1v) is 8.11. The van der Waals surface area contributed by atoms with Crippen LogP contribution in [0.25, 0.3) is 11.0 Å². The van der Waals surface area contributed by atoms with Crippen LogP contribution < -0.4 is 5.32 Å². The van der Waals surface area contributed by atoms with E-state index in [2.05, 4.69) is 20.7 Å². The second-order valence-electron chi connectivity index (χ2n) is 5.56. The molecule has 2 rings (SSSR count). The monoisotopic (exact) mass is 333 g/mol. The number of carbonyl (C=O) groups excluding carboxylic acids is 2. The van der Waals surface area contributed by atoms with Crippen molar-refractivity contribution in [2.45, 2.75) is 32.7 Å². The van der Waals surface area contributed by atoms with Gasteiger partial charge in [-0.1, -0.05) is 13.8 Å². The van der Waals surface area contributed by atoms with Gasteiger partial charge in [-0.15, -0.1) is 0 Å². The Labute approximate surface area is 140 Å². The Morgan fingerprint density at radius 2 is 1.88 bits per heavy atom. The van der Waals surface area contributed by atoms with Crippen molar-refractivity contribution in [1.82, 2.24) is 25.6 Å². The fourth-order valence-electron chi connectivity index (χ4n) is 2.50. The topological polar surface area (TPSA) is 111 Å². The third-order valence-corrected chi connectivity index (χ3v) is 3.66. The molecule has 8 heteroatoms. The molecule has 0 saturated heterocycles. The van der Waals surface area contributed by atoms with Crippen molar-refractivity contribution < 1.29 is 14.7 Å². The molecule has 130 valence electrons. The number of hydrogen-bond donors (Lipinski definition) is 3. The maximum atomic E-state index is 12.5. The summed E-state index contributed by atoms with van der Waals surface area (Å²) in [6.45, 7) is 4.72. The predicted molar refractivity (Wildman–Crippen MR) is 89.4 cm³/mol. The van der Waals surface area contributed by atoms with Gasteiger partial charge >= 0.3 is 0 Å². The number of fused-ring (bicyclic) bond motifs is 1. The fourth-order valence-corrected chi connectivity index (χ4v) is 2.50. The highest BCUT2D eigenvalue weighted by atomic mass is 16.3. The number of hydrogen-bond acceptors (Lipinski definition) is 5. The molecule has 0 saturated carbocycles. The summed E-state index contributed by atoms with van der Waals surface area (Å²) in [5.74, 6) is -0.697. The molecule has 2 aromatic rings. The van der Waals surface area contributed by atoms with Crippen LogP contribution in [0.15, 0.2) is 18.2 Å². The average Bonchev–Trinajstić information content (AvgIpc) is 3.06. The Morgan fingerprint density at radius 1 is 1.21 bits per heavy atom. The van der Waals surface area contributed by atoms with Crippen molar-refractivity contribution in [1.29, 1.82) is 0 Å². The highest BCUT2D eigenvalue weighted by Gasteiger charge is 2.25. The molecule has 0 bridgehead atoms. The normalized spacial score (nSPS) is 12.1. The second-order valence-corrected chi connectivity index (χ2v) is 5.56. The highest BCUT2D eigenvalue weighted by molar-refractivity contribution is 5.99. The van der Waals surface area contributed by atoms with Crippen LogP contribution in [0.2, 0.25) is 0 Å². The smallest absolute Gasteiger partial charge is 0.252 e. The van der Waals surface area contributed by atoms with Crippen LogP contribution >= 0.6 is 0 Å². The SMILES string of the molecule is CCCN(CCC)C(=O)[C@H](CO)NC(=O)c1ccc2n[nH]nc2c1. The molecule has 0 aliphatic carbocycles. The largest absolute Gasteiger partial charge is 0.394 e. The van der Waals surface area contributed by atoms with Gasteiger partial charge in [-0.2, -0.15) is 15.4 Å². The molecule has 2 amide bonds. The summed E-state index contributed by atoms with van der Waals surface area (Å²) in [5, 5.41) is 22.5. The molecule has 1 heterocycles. The summed E-state index contributed by atoms with van der Waals surface area (Å²) in [4.78, 5) is 26.6. The molecule has 8 nitrogen and oxygen atoms in total. The third kappa shape index (κ3) is 4.08. The standard InChI is InChI=1S/C16H23N5O3/c1-3-7-21(8-4-2)16(24)14(10-22)17-15(23)11-5-6-12-13(9-11)19-20-18-12/h5-6,9,14,22H,3-4,7-8,10H2,1-2H3,(H,17,23)(H,18,19,20)/t14-/m0/s1. The summed E-state index contributed by atoms with van der Waals surface area (Å²) in [5.41, 5.74) is 1.58. The zero-order valence-corrected chi connectivity index (χ0v) is 14.0. The Morgan fingerprint density at radius 3 is 2.50 bits per heavy atom. The molecule has 1 aromatic heterocycles. The van der Waals surface area contributed by atoms with E-state index in [0.29, 0.717) is 29.7 Å². The summed E-state index contributed by atoms with van der Waals surface area (Å²) in [7, 11) is 0. The van der Waals surface area contributed by atoms with Crippen molar-refractivity contribution >= 4 is 22.8 Å². The van der Waals surface area contributed by atoms with Crippen molar-refractivity contribution in [3.05, 3.63) is 23.8 Å². The van der Waals surface area contributed by atoms with Crippen molar-refractivity contribution in [3.63, 3.8) is 0 Å². The van der Waals surface area contributed by atoms with Crippen LogP contribution in [-0.4, -0.2) is 63.0 Å². The maximum absolute atomic E-state index is 12.5. The number of carbonyl (C=O) groups is 2. The van der Waals surface area contributed by atoms with Gasteiger partial charge in [0.25, 0.3) is 5.91 Å². The molecule has 0 fully saturated rings. The van der Waals surface area contributed by atoms with Gasteiger partial charge in [0.05, 0.1) is 6.61 Å². The van der Waals surface area contributed by atoms with Gasteiger partial charge in [-0.25, -0.2) is 0 Å². The Hall–Kier alpha value is -2.48. The lowest BCUT2D eigenvalue weighted by atomic mass is 10.1. The highest BCUT2D eigenvalue weighted by Crippen LogP contribution is 2.11. The zero-order chi connectivity index (χ0) is 17.5.